The first-order valence-electron chi connectivity index (χ1n) is 13.6. The number of halogens is 5. The average Bonchev–Trinajstić information content (AvgIpc) is 3.63. The van der Waals surface area contributed by atoms with Gasteiger partial charge in [-0.15, -0.1) is 0 Å². The molecule has 3 heterocycles. The van der Waals surface area contributed by atoms with Crippen molar-refractivity contribution < 1.29 is 37.1 Å². The number of nitrogens with one attached hydrogen (secondary N) is 1. The average molecular weight is 624 g/mol. The van der Waals surface area contributed by atoms with Crippen molar-refractivity contribution in [2.75, 3.05) is 5.32 Å². The summed E-state index contributed by atoms with van der Waals surface area (Å²) >= 11 is 12.9. The second kappa shape index (κ2) is 11.1. The maximum Gasteiger partial charge on any atom is 0.417 e. The summed E-state index contributed by atoms with van der Waals surface area (Å²) in [5.41, 5.74) is -0.367. The molecule has 2 aliphatic heterocycles. The fourth-order valence-corrected chi connectivity index (χ4v) is 6.65. The molecule has 1 aliphatic carbocycles. The number of carbonyl (C=O) groups is 2. The Hall–Kier alpha value is -3.28. The van der Waals surface area contributed by atoms with Crippen molar-refractivity contribution >= 4 is 40.9 Å². The van der Waals surface area contributed by atoms with Crippen molar-refractivity contribution in [1.82, 2.24) is 10.1 Å². The topological polar surface area (TPSA) is 105 Å². The van der Waals surface area contributed by atoms with Crippen LogP contribution >= 0.6 is 23.2 Å². The molecule has 6 rings (SSSR count). The first kappa shape index (κ1) is 28.8. The van der Waals surface area contributed by atoms with Gasteiger partial charge in [0.1, 0.15) is 11.5 Å². The number of aromatic carboxylic acids is 1. The van der Waals surface area contributed by atoms with Crippen molar-refractivity contribution in [2.45, 2.75) is 75.4 Å². The fourth-order valence-electron chi connectivity index (χ4n) is 6.08. The largest absolute Gasteiger partial charge is 0.478 e. The van der Waals surface area contributed by atoms with Gasteiger partial charge in [0.15, 0.2) is 0 Å². The molecule has 0 spiro atoms. The molecule has 3 fully saturated rings. The number of benzene rings is 2. The predicted molar refractivity (Wildman–Crippen MR) is 148 cm³/mol. The van der Waals surface area contributed by atoms with Crippen molar-refractivity contribution in [3.63, 3.8) is 0 Å². The zero-order valence-corrected chi connectivity index (χ0v) is 23.6. The summed E-state index contributed by atoms with van der Waals surface area (Å²) in [4.78, 5) is 26.1. The summed E-state index contributed by atoms with van der Waals surface area (Å²) in [6.07, 6.45) is -0.448. The van der Waals surface area contributed by atoms with Crippen LogP contribution in [0.1, 0.15) is 71.7 Å². The lowest BCUT2D eigenvalue weighted by Crippen LogP contribution is -2.50. The van der Waals surface area contributed by atoms with Crippen LogP contribution in [0.2, 0.25) is 10.0 Å². The smallest absolute Gasteiger partial charge is 0.417 e. The van der Waals surface area contributed by atoms with Crippen LogP contribution in [0.5, 0.6) is 0 Å². The molecule has 2 N–H and O–H groups in total. The van der Waals surface area contributed by atoms with E-state index in [-0.39, 0.29) is 36.4 Å². The van der Waals surface area contributed by atoms with Gasteiger partial charge in [0.25, 0.3) is 0 Å². The number of carboxylic acids is 1. The molecule has 2 bridgehead atoms. The third-order valence-corrected chi connectivity index (χ3v) is 8.79. The minimum absolute atomic E-state index is 0.124. The highest BCUT2D eigenvalue weighted by Gasteiger charge is 2.44. The highest BCUT2D eigenvalue weighted by Crippen LogP contribution is 2.47. The van der Waals surface area contributed by atoms with Gasteiger partial charge < -0.3 is 24.6 Å². The number of alkyl halides is 3. The molecule has 13 heteroatoms. The van der Waals surface area contributed by atoms with Gasteiger partial charge in [-0.25, -0.2) is 9.59 Å². The van der Waals surface area contributed by atoms with Gasteiger partial charge in [-0.2, -0.15) is 13.2 Å². The normalized spacial score (nSPS) is 21.9. The summed E-state index contributed by atoms with van der Waals surface area (Å²) in [5.74, 6) is -0.652. The van der Waals surface area contributed by atoms with E-state index in [4.69, 9.17) is 37.6 Å². The van der Waals surface area contributed by atoms with Crippen LogP contribution in [0.3, 0.4) is 0 Å². The Morgan fingerprint density at radius 2 is 1.74 bits per heavy atom. The van der Waals surface area contributed by atoms with E-state index in [0.29, 0.717) is 40.2 Å². The quantitative estimate of drug-likeness (QED) is 0.276. The van der Waals surface area contributed by atoms with E-state index in [1.165, 1.54) is 0 Å². The number of hydrogen-bond acceptors (Lipinski definition) is 5. The zero-order chi connectivity index (χ0) is 29.8. The molecule has 1 aromatic heterocycles. The van der Waals surface area contributed by atoms with Crippen LogP contribution in [-0.4, -0.2) is 45.4 Å². The molecule has 222 valence electrons. The Bertz CT molecular complexity index is 1510. The fraction of sp³-hybridized carbons (Fsp3) is 0.414. The van der Waals surface area contributed by atoms with Crippen LogP contribution in [0.25, 0.3) is 11.3 Å². The van der Waals surface area contributed by atoms with E-state index < -0.39 is 29.3 Å². The van der Waals surface area contributed by atoms with E-state index >= 15 is 0 Å². The monoisotopic (exact) mass is 623 g/mol. The van der Waals surface area contributed by atoms with Crippen LogP contribution < -0.4 is 5.32 Å². The number of carbonyl (C=O) groups excluding carboxylic acids is 1. The standard InChI is InChI=1S/C29H26Cl2F3N3O5/c30-22-2-1-3-23(31)24(22)25-20(26(42-36-25)14-4-5-14)13-41-18-11-16-7-8-17(12-18)37(16)28(40)35-15-6-9-19(27(38)39)21(10-15)29(32,33)34/h1-3,6,9-10,14,16-18H,4-5,7-8,11-13H2,(H,35,40)(H,38,39). The van der Waals surface area contributed by atoms with Gasteiger partial charge in [0.2, 0.25) is 0 Å². The van der Waals surface area contributed by atoms with Gasteiger partial charge >= 0.3 is 18.2 Å². The molecular formula is C29H26Cl2F3N3O5. The van der Waals surface area contributed by atoms with Crippen molar-refractivity contribution in [3.8, 4) is 11.3 Å². The number of ether oxygens (including phenoxy) is 1. The summed E-state index contributed by atoms with van der Waals surface area (Å²) in [5, 5.41) is 16.9. The number of aromatic nitrogens is 1. The molecule has 1 saturated carbocycles. The molecule has 2 aromatic carbocycles. The number of urea groups is 1. The number of amides is 2. The maximum absolute atomic E-state index is 13.4. The van der Waals surface area contributed by atoms with Crippen LogP contribution in [0.4, 0.5) is 23.7 Å². The Morgan fingerprint density at radius 3 is 2.33 bits per heavy atom. The molecule has 8 nitrogen and oxygen atoms in total. The lowest BCUT2D eigenvalue weighted by Gasteiger charge is -2.38. The van der Waals surface area contributed by atoms with E-state index in [9.17, 15) is 22.8 Å². The van der Waals surface area contributed by atoms with Crippen LogP contribution in [0, 0.1) is 0 Å². The first-order chi connectivity index (χ1) is 20.0. The summed E-state index contributed by atoms with van der Waals surface area (Å²) in [7, 11) is 0. The van der Waals surface area contributed by atoms with E-state index in [1.807, 2.05) is 0 Å². The van der Waals surface area contributed by atoms with E-state index in [2.05, 4.69) is 10.5 Å². The Morgan fingerprint density at radius 1 is 1.07 bits per heavy atom. The van der Waals surface area contributed by atoms with Crippen molar-refractivity contribution in [3.05, 3.63) is 68.9 Å². The molecule has 0 radical (unpaired) electrons. The Balaban J connectivity index is 1.14. The maximum atomic E-state index is 13.4. The van der Waals surface area contributed by atoms with Crippen molar-refractivity contribution in [2.24, 2.45) is 0 Å². The number of piperidine rings is 1. The highest BCUT2D eigenvalue weighted by atomic mass is 35.5. The summed E-state index contributed by atoms with van der Waals surface area (Å²) in [6.45, 7) is 0.235. The molecule has 3 aliphatic rings. The van der Waals surface area contributed by atoms with Gasteiger partial charge in [-0.05, 0) is 68.9 Å². The number of anilines is 1. The zero-order valence-electron chi connectivity index (χ0n) is 22.1. The number of fused-ring (bicyclic) bond motifs is 2. The number of rotatable bonds is 7. The Labute approximate surface area is 248 Å². The molecule has 3 aromatic rings. The third-order valence-electron chi connectivity index (χ3n) is 8.16. The van der Waals surface area contributed by atoms with Gasteiger partial charge in [-0.3, -0.25) is 0 Å². The predicted octanol–water partition coefficient (Wildman–Crippen LogP) is 7.99. The Kier molecular flexibility index (Phi) is 7.61. The molecule has 2 unspecified atom stereocenters. The second-order valence-electron chi connectivity index (χ2n) is 10.9. The van der Waals surface area contributed by atoms with Crippen LogP contribution in [0.15, 0.2) is 40.9 Å². The van der Waals surface area contributed by atoms with Gasteiger partial charge in [0.05, 0.1) is 33.9 Å². The molecule has 2 saturated heterocycles. The van der Waals surface area contributed by atoms with Crippen LogP contribution in [-0.2, 0) is 17.5 Å². The summed E-state index contributed by atoms with van der Waals surface area (Å²) < 4.78 is 52.4. The third kappa shape index (κ3) is 5.57. The molecule has 2 atom stereocenters. The first-order valence-corrected chi connectivity index (χ1v) is 14.3. The summed E-state index contributed by atoms with van der Waals surface area (Å²) in [6, 6.07) is 7.05. The minimum atomic E-state index is -4.88. The minimum Gasteiger partial charge on any atom is -0.478 e. The van der Waals surface area contributed by atoms with Crippen molar-refractivity contribution in [1.29, 1.82) is 0 Å². The highest BCUT2D eigenvalue weighted by molar-refractivity contribution is 6.39. The molecule has 2 amide bonds. The lowest BCUT2D eigenvalue weighted by molar-refractivity contribution is -0.138. The molecular weight excluding hydrogens is 598 g/mol. The van der Waals surface area contributed by atoms with E-state index in [0.717, 1.165) is 49.1 Å². The van der Waals surface area contributed by atoms with E-state index in [1.54, 1.807) is 23.1 Å². The SMILES string of the molecule is O=C(O)c1ccc(NC(=O)N2C3CCC2CC(OCc2c(-c4c(Cl)cccc4Cl)noc2C2CC2)C3)cc1C(F)(F)F. The second-order valence-corrected chi connectivity index (χ2v) is 11.7. The number of carboxylic acid groups (broad SMARTS) is 1. The number of nitrogens with zero attached hydrogens (tertiary/aromatic N) is 2. The number of hydrogen-bond donors (Lipinski definition) is 2. The van der Waals surface area contributed by atoms with Gasteiger partial charge in [-0.1, -0.05) is 34.4 Å². The van der Waals surface area contributed by atoms with Gasteiger partial charge in [0, 0.05) is 34.8 Å². The lowest BCUT2D eigenvalue weighted by atomic mass is 9.99. The molecule has 42 heavy (non-hydrogen) atoms.